The van der Waals surface area contributed by atoms with E-state index < -0.39 is 43.0 Å². The number of pyridine rings is 1. The first-order valence-corrected chi connectivity index (χ1v) is 13.0. The molecule has 1 aliphatic carbocycles. The van der Waals surface area contributed by atoms with Crippen LogP contribution in [0.4, 0.5) is 4.39 Å². The van der Waals surface area contributed by atoms with Gasteiger partial charge in [-0.15, -0.1) is 0 Å². The summed E-state index contributed by atoms with van der Waals surface area (Å²) in [5, 5.41) is 10.8. The number of hydrogen-bond donors (Lipinski definition) is 1. The second-order valence-corrected chi connectivity index (χ2v) is 11.9. The van der Waals surface area contributed by atoms with Gasteiger partial charge in [0.25, 0.3) is 17.4 Å². The molecule has 5 rings (SSSR count). The summed E-state index contributed by atoms with van der Waals surface area (Å²) in [5.41, 5.74) is -0.401. The van der Waals surface area contributed by atoms with Gasteiger partial charge in [0, 0.05) is 26.2 Å². The fourth-order valence-corrected chi connectivity index (χ4v) is 6.86. The molecule has 1 saturated heterocycles. The number of amides is 2. The molecule has 10 nitrogen and oxygen atoms in total. The van der Waals surface area contributed by atoms with E-state index in [1.165, 1.54) is 33.7 Å². The lowest BCUT2D eigenvalue weighted by molar-refractivity contribution is 0.0407. The Balaban J connectivity index is 1.29. The van der Waals surface area contributed by atoms with Gasteiger partial charge >= 0.3 is 0 Å². The van der Waals surface area contributed by atoms with Gasteiger partial charge in [-0.25, -0.2) is 12.8 Å². The number of sulfone groups is 1. The molecule has 1 aromatic carbocycles. The molecule has 2 fully saturated rings. The summed E-state index contributed by atoms with van der Waals surface area (Å²) in [6, 6.07) is 8.31. The number of carbonyl (C=O) groups excluding carboxylic acids is 2. The molecule has 0 unspecified atom stereocenters. The van der Waals surface area contributed by atoms with Crippen LogP contribution in [0.1, 0.15) is 44.8 Å². The van der Waals surface area contributed by atoms with Crippen molar-refractivity contribution < 1.29 is 27.1 Å². The number of nitrogens with zero attached hydrogens (tertiary/aromatic N) is 3. The van der Waals surface area contributed by atoms with E-state index in [-0.39, 0.29) is 56.2 Å². The highest BCUT2D eigenvalue weighted by molar-refractivity contribution is 7.93. The van der Waals surface area contributed by atoms with Crippen LogP contribution in [0.2, 0.25) is 0 Å². The first-order chi connectivity index (χ1) is 17.2. The van der Waals surface area contributed by atoms with Crippen LogP contribution in [0.15, 0.2) is 35.1 Å². The molecule has 2 aromatic rings. The number of hydrogen-bond acceptors (Lipinski definition) is 7. The minimum absolute atomic E-state index is 0.0576. The molecule has 1 N–H and O–H groups in total. The zero-order valence-electron chi connectivity index (χ0n) is 19.2. The van der Waals surface area contributed by atoms with Crippen LogP contribution in [-0.4, -0.2) is 66.0 Å². The normalized spacial score (nSPS) is 18.7. The molecular formula is C24H23FN4O6S. The molecule has 1 saturated carbocycles. The molecule has 3 aliphatic rings. The quantitative estimate of drug-likeness (QED) is 0.571. The zero-order valence-corrected chi connectivity index (χ0v) is 20.0. The van der Waals surface area contributed by atoms with Gasteiger partial charge in [0.2, 0.25) is 0 Å². The van der Waals surface area contributed by atoms with Gasteiger partial charge in [0.15, 0.2) is 9.84 Å². The number of ether oxygens (including phenoxy) is 1. The summed E-state index contributed by atoms with van der Waals surface area (Å²) in [4.78, 5) is 40.2. The molecule has 0 atom stereocenters. The lowest BCUT2D eigenvalue weighted by atomic mass is 10.1. The van der Waals surface area contributed by atoms with Gasteiger partial charge in [-0.2, -0.15) is 5.26 Å². The summed E-state index contributed by atoms with van der Waals surface area (Å²) < 4.78 is 45.0. The minimum atomic E-state index is -3.43. The maximum absolute atomic E-state index is 13.8. The smallest absolute Gasteiger partial charge is 0.270 e. The third-order valence-electron chi connectivity index (χ3n) is 7.06. The number of nitriles is 1. The summed E-state index contributed by atoms with van der Waals surface area (Å²) >= 11 is 0. The SMILES string of the molecule is N#Cc1ccc(CNC(=O)c2ccc3n(c2=O)CCN(CC2(S(=O)(=O)C4COC4)CC2)C3=O)cc1F. The third kappa shape index (κ3) is 3.98. The second kappa shape index (κ2) is 8.83. The zero-order chi connectivity index (χ0) is 25.7. The highest BCUT2D eigenvalue weighted by atomic mass is 32.2. The van der Waals surface area contributed by atoms with Crippen LogP contribution in [0.25, 0.3) is 0 Å². The van der Waals surface area contributed by atoms with Crippen molar-refractivity contribution in [2.75, 3.05) is 26.3 Å². The van der Waals surface area contributed by atoms with Crippen LogP contribution < -0.4 is 10.9 Å². The molecule has 2 aliphatic heterocycles. The largest absolute Gasteiger partial charge is 0.379 e. The molecule has 12 heteroatoms. The Kier molecular flexibility index (Phi) is 5.92. The van der Waals surface area contributed by atoms with E-state index in [0.29, 0.717) is 18.4 Å². The minimum Gasteiger partial charge on any atom is -0.379 e. The Bertz CT molecular complexity index is 1470. The number of carbonyl (C=O) groups is 2. The van der Waals surface area contributed by atoms with Gasteiger partial charge in [0.05, 0.1) is 23.5 Å². The molecule has 0 spiro atoms. The van der Waals surface area contributed by atoms with Crippen LogP contribution in [-0.2, 0) is 27.7 Å². The van der Waals surface area contributed by atoms with Gasteiger partial charge in [-0.1, -0.05) is 6.07 Å². The fraction of sp³-hybridized carbons (Fsp3) is 0.417. The summed E-state index contributed by atoms with van der Waals surface area (Å²) in [5.74, 6) is -1.84. The number of benzene rings is 1. The van der Waals surface area contributed by atoms with Gasteiger partial charge in [0.1, 0.15) is 28.4 Å². The van der Waals surface area contributed by atoms with E-state index in [9.17, 15) is 27.2 Å². The number of nitrogens with one attached hydrogen (secondary N) is 1. The number of fused-ring (bicyclic) bond motifs is 1. The monoisotopic (exact) mass is 514 g/mol. The Morgan fingerprint density at radius 2 is 1.94 bits per heavy atom. The van der Waals surface area contributed by atoms with Crippen molar-refractivity contribution in [2.24, 2.45) is 0 Å². The molecule has 2 amide bonds. The standard InChI is InChI=1S/C24H23FN4O6S/c25-19-9-15(1-2-16(19)10-26)11-27-21(30)18-3-4-20-23(32)28(7-8-29(20)22(18)31)14-24(5-6-24)36(33,34)17-12-35-13-17/h1-4,9,17H,5-8,11-14H2,(H,27,30). The maximum atomic E-state index is 13.8. The predicted molar refractivity (Wildman–Crippen MR) is 124 cm³/mol. The molecule has 0 bridgehead atoms. The average molecular weight is 515 g/mol. The van der Waals surface area contributed by atoms with Crippen LogP contribution >= 0.6 is 0 Å². The van der Waals surface area contributed by atoms with Crippen LogP contribution in [0, 0.1) is 17.1 Å². The first-order valence-electron chi connectivity index (χ1n) is 11.5. The lowest BCUT2D eigenvalue weighted by Crippen LogP contribution is -2.53. The van der Waals surface area contributed by atoms with E-state index >= 15 is 0 Å². The Morgan fingerprint density at radius 1 is 1.19 bits per heavy atom. The van der Waals surface area contributed by atoms with Crippen LogP contribution in [0.3, 0.4) is 0 Å². The Labute approximate surface area is 206 Å². The number of halogens is 1. The average Bonchev–Trinajstić information content (AvgIpc) is 3.60. The predicted octanol–water partition coefficient (Wildman–Crippen LogP) is 0.591. The highest BCUT2D eigenvalue weighted by Crippen LogP contribution is 2.47. The molecule has 3 heterocycles. The van der Waals surface area contributed by atoms with Crippen molar-refractivity contribution >= 4 is 21.7 Å². The summed E-state index contributed by atoms with van der Waals surface area (Å²) in [7, 11) is -3.43. The molecule has 0 radical (unpaired) electrons. The van der Waals surface area contributed by atoms with Gasteiger partial charge in [-0.3, -0.25) is 14.4 Å². The molecule has 1 aromatic heterocycles. The van der Waals surface area contributed by atoms with Gasteiger partial charge < -0.3 is 19.5 Å². The van der Waals surface area contributed by atoms with Crippen molar-refractivity contribution in [3.8, 4) is 6.07 Å². The number of aromatic nitrogens is 1. The number of rotatable bonds is 7. The summed E-state index contributed by atoms with van der Waals surface area (Å²) in [6.45, 7) is 0.660. The molecular weight excluding hydrogens is 491 g/mol. The van der Waals surface area contributed by atoms with Gasteiger partial charge in [-0.05, 0) is 42.7 Å². The maximum Gasteiger partial charge on any atom is 0.270 e. The molecule has 36 heavy (non-hydrogen) atoms. The van der Waals surface area contributed by atoms with Crippen molar-refractivity contribution in [3.63, 3.8) is 0 Å². The first kappa shape index (κ1) is 24.1. The van der Waals surface area contributed by atoms with Crippen molar-refractivity contribution in [1.82, 2.24) is 14.8 Å². The Morgan fingerprint density at radius 3 is 2.56 bits per heavy atom. The van der Waals surface area contributed by atoms with E-state index in [0.717, 1.165) is 6.07 Å². The van der Waals surface area contributed by atoms with E-state index in [4.69, 9.17) is 10.00 Å². The molecule has 188 valence electrons. The lowest BCUT2D eigenvalue weighted by Gasteiger charge is -2.35. The van der Waals surface area contributed by atoms with E-state index in [2.05, 4.69) is 5.32 Å². The fourth-order valence-electron chi connectivity index (χ4n) is 4.60. The summed E-state index contributed by atoms with van der Waals surface area (Å²) in [6.07, 6.45) is 0.981. The third-order valence-corrected chi connectivity index (χ3v) is 9.96. The topological polar surface area (TPSA) is 139 Å². The second-order valence-electron chi connectivity index (χ2n) is 9.31. The van der Waals surface area contributed by atoms with E-state index in [1.807, 2.05) is 0 Å². The Hall–Kier alpha value is -3.56. The van der Waals surface area contributed by atoms with Crippen molar-refractivity contribution in [2.45, 2.75) is 35.9 Å². The van der Waals surface area contributed by atoms with E-state index in [1.54, 1.807) is 6.07 Å². The highest BCUT2D eigenvalue weighted by Gasteiger charge is 2.59. The van der Waals surface area contributed by atoms with Crippen molar-refractivity contribution in [3.05, 3.63) is 68.9 Å². The van der Waals surface area contributed by atoms with Crippen LogP contribution in [0.5, 0.6) is 0 Å². The van der Waals surface area contributed by atoms with Crippen molar-refractivity contribution in [1.29, 1.82) is 5.26 Å².